The minimum atomic E-state index is -4.37. The lowest BCUT2D eigenvalue weighted by Crippen LogP contribution is -2.45. The molecule has 1 N–H and O–H groups in total. The molecule has 4 rings (SSSR count). The number of hydrogen-bond acceptors (Lipinski definition) is 3. The van der Waals surface area contributed by atoms with E-state index in [0.29, 0.717) is 17.8 Å². The van der Waals surface area contributed by atoms with E-state index in [2.05, 4.69) is 31.2 Å². The third-order valence-corrected chi connectivity index (χ3v) is 7.26. The fourth-order valence-corrected chi connectivity index (χ4v) is 6.39. The highest BCUT2D eigenvalue weighted by molar-refractivity contribution is 7.80. The molecular weight excluding hydrogens is 312 g/mol. The van der Waals surface area contributed by atoms with Crippen LogP contribution in [-0.4, -0.2) is 19.1 Å². The van der Waals surface area contributed by atoms with Gasteiger partial charge in [0.15, 0.2) is 0 Å². The predicted molar refractivity (Wildman–Crippen MR) is 87.5 cm³/mol. The third-order valence-electron chi connectivity index (χ3n) is 6.79. The summed E-state index contributed by atoms with van der Waals surface area (Å²) in [5.74, 6) is 1.70. The maximum Gasteiger partial charge on any atom is 0.397 e. The van der Waals surface area contributed by atoms with Gasteiger partial charge in [-0.15, -0.1) is 0 Å². The summed E-state index contributed by atoms with van der Waals surface area (Å²) in [5, 5.41) is 0. The molecule has 4 nitrogen and oxygen atoms in total. The van der Waals surface area contributed by atoms with E-state index < -0.39 is 10.4 Å². The average Bonchev–Trinajstić information content (AvgIpc) is 2.82. The summed E-state index contributed by atoms with van der Waals surface area (Å²) in [7, 11) is -4.37. The molecule has 0 aromatic heterocycles. The van der Waals surface area contributed by atoms with Gasteiger partial charge in [-0.2, -0.15) is 8.42 Å². The molecule has 0 aliphatic heterocycles. The van der Waals surface area contributed by atoms with Crippen molar-refractivity contribution in [1.29, 1.82) is 0 Å². The van der Waals surface area contributed by atoms with Gasteiger partial charge in [-0.3, -0.25) is 4.55 Å². The molecular formula is C18H24O4S. The van der Waals surface area contributed by atoms with Crippen molar-refractivity contribution in [2.24, 2.45) is 17.3 Å². The quantitative estimate of drug-likeness (QED) is 0.836. The van der Waals surface area contributed by atoms with E-state index in [0.717, 1.165) is 32.1 Å². The van der Waals surface area contributed by atoms with E-state index in [1.54, 1.807) is 0 Å². The Morgan fingerprint density at radius 2 is 1.96 bits per heavy atom. The van der Waals surface area contributed by atoms with Crippen LogP contribution >= 0.6 is 0 Å². The molecule has 5 heteroatoms. The Morgan fingerprint density at radius 3 is 2.74 bits per heavy atom. The van der Waals surface area contributed by atoms with Gasteiger partial charge in [0.1, 0.15) is 0 Å². The second kappa shape index (κ2) is 5.30. The van der Waals surface area contributed by atoms with Crippen LogP contribution in [0.5, 0.6) is 0 Å². The van der Waals surface area contributed by atoms with E-state index in [-0.39, 0.29) is 11.5 Å². The molecule has 5 atom stereocenters. The Morgan fingerprint density at radius 1 is 1.17 bits per heavy atom. The lowest BCUT2D eigenvalue weighted by atomic mass is 9.55. The minimum absolute atomic E-state index is 0.136. The molecule has 0 saturated heterocycles. The van der Waals surface area contributed by atoms with Crippen LogP contribution in [0.25, 0.3) is 0 Å². The normalized spacial score (nSPS) is 39.4. The molecule has 23 heavy (non-hydrogen) atoms. The zero-order chi connectivity index (χ0) is 16.2. The standard InChI is InChI=1S/C18H24O4S/c1-18-11-10-14-13-5-3-2-4-12(13)6-7-15(14)16(18)8-9-17(18)22-23(19,20)21/h2-5,14-17H,6-11H2,1H3,(H,19,20,21)/t14-,15-,16+,17+,18+/m1/s1. The highest BCUT2D eigenvalue weighted by atomic mass is 32.3. The Hall–Kier alpha value is -0.910. The molecule has 3 aliphatic carbocycles. The summed E-state index contributed by atoms with van der Waals surface area (Å²) in [6.45, 7) is 2.16. The first-order chi connectivity index (χ1) is 10.9. The van der Waals surface area contributed by atoms with Crippen molar-refractivity contribution in [2.75, 3.05) is 0 Å². The van der Waals surface area contributed by atoms with Gasteiger partial charge in [-0.1, -0.05) is 31.2 Å². The van der Waals surface area contributed by atoms with Crippen molar-refractivity contribution in [3.8, 4) is 0 Å². The molecule has 1 aromatic rings. The van der Waals surface area contributed by atoms with Gasteiger partial charge < -0.3 is 0 Å². The SMILES string of the molecule is C[C@]12CC[C@@H]3c4ccccc4CC[C@H]3[C@@H]1CC[C@@H]2OS(=O)(=O)O. The van der Waals surface area contributed by atoms with Crippen molar-refractivity contribution in [3.63, 3.8) is 0 Å². The van der Waals surface area contributed by atoms with Crippen molar-refractivity contribution >= 4 is 10.4 Å². The fraction of sp³-hybridized carbons (Fsp3) is 0.667. The molecule has 3 aliphatic rings. The van der Waals surface area contributed by atoms with Crippen LogP contribution in [0.4, 0.5) is 0 Å². The maximum absolute atomic E-state index is 11.2. The Kier molecular flexibility index (Phi) is 3.59. The van der Waals surface area contributed by atoms with E-state index in [1.807, 2.05) is 0 Å². The van der Waals surface area contributed by atoms with Gasteiger partial charge in [0.25, 0.3) is 0 Å². The molecule has 2 saturated carbocycles. The van der Waals surface area contributed by atoms with Gasteiger partial charge >= 0.3 is 10.4 Å². The van der Waals surface area contributed by atoms with Crippen molar-refractivity contribution < 1.29 is 17.2 Å². The Bertz CT molecular complexity index is 713. The summed E-state index contributed by atoms with van der Waals surface area (Å²) in [4.78, 5) is 0. The lowest BCUT2D eigenvalue weighted by Gasteiger charge is -2.50. The summed E-state index contributed by atoms with van der Waals surface area (Å²) in [6, 6.07) is 8.78. The lowest BCUT2D eigenvalue weighted by molar-refractivity contribution is -0.0121. The largest absolute Gasteiger partial charge is 0.397 e. The smallest absolute Gasteiger partial charge is 0.264 e. The van der Waals surface area contributed by atoms with Crippen LogP contribution in [0.15, 0.2) is 24.3 Å². The molecule has 0 heterocycles. The van der Waals surface area contributed by atoms with Crippen molar-refractivity contribution in [3.05, 3.63) is 35.4 Å². The number of aryl methyl sites for hydroxylation is 1. The van der Waals surface area contributed by atoms with Crippen LogP contribution in [0.2, 0.25) is 0 Å². The summed E-state index contributed by atoms with van der Waals surface area (Å²) < 4.78 is 36.5. The molecule has 0 bridgehead atoms. The van der Waals surface area contributed by atoms with Crippen LogP contribution in [0.1, 0.15) is 56.1 Å². The third kappa shape index (κ3) is 2.53. The number of hydrogen-bond donors (Lipinski definition) is 1. The number of fused-ring (bicyclic) bond motifs is 5. The second-order valence-corrected chi connectivity index (χ2v) is 8.80. The Labute approximate surface area is 138 Å². The second-order valence-electron chi connectivity index (χ2n) is 7.75. The number of rotatable bonds is 2. The van der Waals surface area contributed by atoms with E-state index in [9.17, 15) is 8.42 Å². The van der Waals surface area contributed by atoms with Crippen LogP contribution in [0.3, 0.4) is 0 Å². The summed E-state index contributed by atoms with van der Waals surface area (Å²) in [5.41, 5.74) is 2.86. The molecule has 2 fully saturated rings. The van der Waals surface area contributed by atoms with E-state index in [1.165, 1.54) is 17.5 Å². The van der Waals surface area contributed by atoms with Gasteiger partial charge in [0, 0.05) is 0 Å². The molecule has 0 unspecified atom stereocenters. The van der Waals surface area contributed by atoms with Gasteiger partial charge in [0.2, 0.25) is 0 Å². The highest BCUT2D eigenvalue weighted by Crippen LogP contribution is 2.61. The molecule has 0 radical (unpaired) electrons. The topological polar surface area (TPSA) is 63.6 Å². The first-order valence-electron chi connectivity index (χ1n) is 8.62. The number of benzene rings is 1. The minimum Gasteiger partial charge on any atom is -0.264 e. The van der Waals surface area contributed by atoms with E-state index in [4.69, 9.17) is 8.74 Å². The zero-order valence-corrected chi connectivity index (χ0v) is 14.3. The zero-order valence-electron chi connectivity index (χ0n) is 13.4. The monoisotopic (exact) mass is 336 g/mol. The average molecular weight is 336 g/mol. The molecule has 126 valence electrons. The van der Waals surface area contributed by atoms with Gasteiger partial charge in [-0.05, 0) is 72.8 Å². The van der Waals surface area contributed by atoms with Crippen LogP contribution in [-0.2, 0) is 21.0 Å². The van der Waals surface area contributed by atoms with Crippen molar-refractivity contribution in [2.45, 2.75) is 57.5 Å². The highest BCUT2D eigenvalue weighted by Gasteiger charge is 2.56. The van der Waals surface area contributed by atoms with Crippen molar-refractivity contribution in [1.82, 2.24) is 0 Å². The first-order valence-corrected chi connectivity index (χ1v) is 9.98. The first kappa shape index (κ1) is 15.6. The maximum atomic E-state index is 11.2. The van der Waals surface area contributed by atoms with Gasteiger partial charge in [0.05, 0.1) is 6.10 Å². The fourth-order valence-electron chi connectivity index (χ4n) is 5.78. The molecule has 0 spiro atoms. The van der Waals surface area contributed by atoms with Gasteiger partial charge in [-0.25, -0.2) is 4.18 Å². The summed E-state index contributed by atoms with van der Waals surface area (Å²) >= 11 is 0. The van der Waals surface area contributed by atoms with Crippen LogP contribution < -0.4 is 0 Å². The van der Waals surface area contributed by atoms with Crippen LogP contribution in [0, 0.1) is 17.3 Å². The molecule has 0 amide bonds. The summed E-state index contributed by atoms with van der Waals surface area (Å²) in [6.07, 6.45) is 5.70. The predicted octanol–water partition coefficient (Wildman–Crippen LogP) is 3.73. The molecule has 1 aromatic carbocycles. The van der Waals surface area contributed by atoms with E-state index >= 15 is 0 Å². The Balaban J connectivity index is 1.63.